The van der Waals surface area contributed by atoms with Crippen molar-refractivity contribution in [1.82, 2.24) is 9.71 Å². The van der Waals surface area contributed by atoms with Crippen molar-refractivity contribution in [1.29, 1.82) is 0 Å². The Kier molecular flexibility index (Phi) is 5.48. The van der Waals surface area contributed by atoms with Crippen molar-refractivity contribution in [2.75, 3.05) is 0 Å². The molecule has 0 unspecified atom stereocenters. The minimum absolute atomic E-state index is 0.198. The van der Waals surface area contributed by atoms with Crippen LogP contribution >= 0.6 is 22.9 Å². The fourth-order valence-electron chi connectivity index (χ4n) is 2.67. The van der Waals surface area contributed by atoms with Gasteiger partial charge >= 0.3 is 0 Å². The van der Waals surface area contributed by atoms with E-state index in [9.17, 15) is 8.42 Å². The van der Waals surface area contributed by atoms with Crippen LogP contribution in [0.4, 0.5) is 0 Å². The van der Waals surface area contributed by atoms with Crippen LogP contribution in [0.25, 0.3) is 10.6 Å². The number of sulfonamides is 1. The molecule has 0 saturated carbocycles. The van der Waals surface area contributed by atoms with Gasteiger partial charge in [-0.2, -0.15) is 0 Å². The molecule has 1 heterocycles. The van der Waals surface area contributed by atoms with Gasteiger partial charge in [0.15, 0.2) is 0 Å². The van der Waals surface area contributed by atoms with Crippen LogP contribution in [0.2, 0.25) is 5.02 Å². The molecule has 0 aliphatic heterocycles. The van der Waals surface area contributed by atoms with Crippen molar-refractivity contribution in [3.8, 4) is 10.6 Å². The van der Waals surface area contributed by atoms with Gasteiger partial charge < -0.3 is 0 Å². The van der Waals surface area contributed by atoms with E-state index >= 15 is 0 Å². The highest BCUT2D eigenvalue weighted by Crippen LogP contribution is 2.32. The van der Waals surface area contributed by atoms with Crippen LogP contribution < -0.4 is 4.72 Å². The van der Waals surface area contributed by atoms with E-state index in [1.165, 1.54) is 11.3 Å². The van der Waals surface area contributed by atoms with E-state index in [2.05, 4.69) is 9.71 Å². The smallest absolute Gasteiger partial charge is 0.240 e. The molecular weight excluding hydrogens is 388 g/mol. The summed E-state index contributed by atoms with van der Waals surface area (Å²) in [5, 5.41) is 1.41. The molecule has 0 bridgehead atoms. The normalized spacial score (nSPS) is 11.7. The molecule has 136 valence electrons. The molecule has 3 rings (SSSR count). The molecule has 0 aliphatic carbocycles. The van der Waals surface area contributed by atoms with Gasteiger partial charge in [0, 0.05) is 17.0 Å². The van der Waals surface area contributed by atoms with Crippen molar-refractivity contribution in [3.63, 3.8) is 0 Å². The van der Waals surface area contributed by atoms with Crippen LogP contribution in [0.1, 0.15) is 21.7 Å². The van der Waals surface area contributed by atoms with Gasteiger partial charge in [-0.1, -0.05) is 35.9 Å². The highest BCUT2D eigenvalue weighted by atomic mass is 35.5. The second-order valence-corrected chi connectivity index (χ2v) is 9.41. The van der Waals surface area contributed by atoms with Crippen LogP contribution in [0, 0.1) is 20.8 Å². The number of halogens is 1. The number of rotatable bonds is 5. The number of hydrogen-bond acceptors (Lipinski definition) is 4. The molecule has 2 aromatic carbocycles. The molecule has 4 nitrogen and oxygen atoms in total. The van der Waals surface area contributed by atoms with Crippen molar-refractivity contribution < 1.29 is 8.42 Å². The molecule has 3 aromatic rings. The van der Waals surface area contributed by atoms with E-state index in [1.807, 2.05) is 51.1 Å². The van der Waals surface area contributed by atoms with Gasteiger partial charge in [0.25, 0.3) is 0 Å². The fraction of sp³-hybridized carbons (Fsp3) is 0.211. The third kappa shape index (κ3) is 4.15. The lowest BCUT2D eigenvalue weighted by atomic mass is 10.2. The first-order valence-electron chi connectivity index (χ1n) is 8.05. The molecule has 7 heteroatoms. The quantitative estimate of drug-likeness (QED) is 0.657. The Morgan fingerprint density at radius 1 is 1.08 bits per heavy atom. The van der Waals surface area contributed by atoms with Crippen LogP contribution in [0.5, 0.6) is 0 Å². The maximum absolute atomic E-state index is 12.6. The predicted molar refractivity (Wildman–Crippen MR) is 107 cm³/mol. The fourth-order valence-corrected chi connectivity index (χ4v) is 5.27. The zero-order valence-electron chi connectivity index (χ0n) is 14.7. The molecule has 0 spiro atoms. The Bertz CT molecular complexity index is 1040. The van der Waals surface area contributed by atoms with Gasteiger partial charge in [-0.3, -0.25) is 0 Å². The summed E-state index contributed by atoms with van der Waals surface area (Å²) >= 11 is 7.68. The maximum Gasteiger partial charge on any atom is 0.240 e. The lowest BCUT2D eigenvalue weighted by Crippen LogP contribution is -2.23. The Morgan fingerprint density at radius 3 is 2.38 bits per heavy atom. The topological polar surface area (TPSA) is 59.1 Å². The number of benzene rings is 2. The van der Waals surface area contributed by atoms with E-state index in [4.69, 9.17) is 11.6 Å². The predicted octanol–water partition coefficient (Wildman–Crippen LogP) is 4.87. The van der Waals surface area contributed by atoms with Gasteiger partial charge in [-0.05, 0) is 50.1 Å². The van der Waals surface area contributed by atoms with Crippen LogP contribution in [-0.4, -0.2) is 13.4 Å². The van der Waals surface area contributed by atoms with Crippen molar-refractivity contribution in [2.24, 2.45) is 0 Å². The molecule has 0 aliphatic rings. The number of hydrogen-bond donors (Lipinski definition) is 1. The number of aromatic nitrogens is 1. The first-order chi connectivity index (χ1) is 12.3. The minimum Gasteiger partial charge on any atom is -0.241 e. The lowest BCUT2D eigenvalue weighted by Gasteiger charge is -2.08. The Labute approximate surface area is 162 Å². The first kappa shape index (κ1) is 19.0. The molecule has 26 heavy (non-hydrogen) atoms. The molecule has 1 aromatic heterocycles. The summed E-state index contributed by atoms with van der Waals surface area (Å²) in [5.74, 6) is 0. The largest absolute Gasteiger partial charge is 0.241 e. The standard InChI is InChI=1S/C19H19ClN2O2S2/c1-12-8-13(2)10-15(9-12)26(23,24)21-11-18-14(3)22-19(25-18)16-6-4-5-7-17(16)20/h4-10,21H,11H2,1-3H3. The summed E-state index contributed by atoms with van der Waals surface area (Å²) in [5.41, 5.74) is 3.49. The monoisotopic (exact) mass is 406 g/mol. The molecule has 0 fully saturated rings. The van der Waals surface area contributed by atoms with E-state index in [1.54, 1.807) is 12.1 Å². The lowest BCUT2D eigenvalue weighted by molar-refractivity contribution is 0.581. The third-order valence-corrected chi connectivity index (χ3v) is 6.83. The average molecular weight is 407 g/mol. The van der Waals surface area contributed by atoms with Gasteiger partial charge in [-0.25, -0.2) is 18.1 Å². The molecule has 0 radical (unpaired) electrons. The minimum atomic E-state index is -3.58. The van der Waals surface area contributed by atoms with Crippen molar-refractivity contribution in [3.05, 3.63) is 69.2 Å². The van der Waals surface area contributed by atoms with Crippen molar-refractivity contribution >= 4 is 33.0 Å². The van der Waals surface area contributed by atoms with E-state index in [0.717, 1.165) is 32.3 Å². The second-order valence-electron chi connectivity index (χ2n) is 6.16. The number of nitrogens with one attached hydrogen (secondary N) is 1. The van der Waals surface area contributed by atoms with Gasteiger partial charge in [0.05, 0.1) is 15.6 Å². The SMILES string of the molecule is Cc1cc(C)cc(S(=O)(=O)NCc2sc(-c3ccccc3Cl)nc2C)c1. The van der Waals surface area contributed by atoms with E-state index in [-0.39, 0.29) is 11.4 Å². The van der Waals surface area contributed by atoms with Gasteiger partial charge in [-0.15, -0.1) is 11.3 Å². The van der Waals surface area contributed by atoms with Crippen LogP contribution in [-0.2, 0) is 16.6 Å². The first-order valence-corrected chi connectivity index (χ1v) is 10.7. The molecule has 0 amide bonds. The third-order valence-electron chi connectivity index (χ3n) is 3.93. The highest BCUT2D eigenvalue weighted by Gasteiger charge is 2.17. The summed E-state index contributed by atoms with van der Waals surface area (Å²) in [6.07, 6.45) is 0. The second kappa shape index (κ2) is 7.48. The number of aryl methyl sites for hydroxylation is 3. The summed E-state index contributed by atoms with van der Waals surface area (Å²) in [7, 11) is -3.58. The zero-order valence-corrected chi connectivity index (χ0v) is 17.1. The number of nitrogens with zero attached hydrogens (tertiary/aromatic N) is 1. The highest BCUT2D eigenvalue weighted by molar-refractivity contribution is 7.89. The van der Waals surface area contributed by atoms with E-state index in [0.29, 0.717) is 5.02 Å². The summed E-state index contributed by atoms with van der Waals surface area (Å²) in [6.45, 7) is 5.84. The molecule has 1 N–H and O–H groups in total. The van der Waals surface area contributed by atoms with Crippen LogP contribution in [0.3, 0.4) is 0 Å². The van der Waals surface area contributed by atoms with Gasteiger partial charge in [0.2, 0.25) is 10.0 Å². The summed E-state index contributed by atoms with van der Waals surface area (Å²) < 4.78 is 27.9. The average Bonchev–Trinajstić information content (AvgIpc) is 2.93. The van der Waals surface area contributed by atoms with Crippen molar-refractivity contribution in [2.45, 2.75) is 32.2 Å². The Balaban J connectivity index is 1.83. The molecule has 0 atom stereocenters. The van der Waals surface area contributed by atoms with Gasteiger partial charge in [0.1, 0.15) is 5.01 Å². The Hall–Kier alpha value is -1.73. The molecular formula is C19H19ClN2O2S2. The van der Waals surface area contributed by atoms with E-state index < -0.39 is 10.0 Å². The summed E-state index contributed by atoms with van der Waals surface area (Å²) in [4.78, 5) is 5.69. The number of thiazole rings is 1. The maximum atomic E-state index is 12.6. The summed E-state index contributed by atoms with van der Waals surface area (Å²) in [6, 6.07) is 12.8. The molecule has 0 saturated heterocycles. The Morgan fingerprint density at radius 2 is 1.73 bits per heavy atom. The zero-order chi connectivity index (χ0) is 18.9. The van der Waals surface area contributed by atoms with Crippen LogP contribution in [0.15, 0.2) is 47.4 Å².